The first kappa shape index (κ1) is 17.3. The molecule has 28 heavy (non-hydrogen) atoms. The molecule has 144 valence electrons. The van der Waals surface area contributed by atoms with Gasteiger partial charge in [-0.3, -0.25) is 14.8 Å². The van der Waals surface area contributed by atoms with Crippen molar-refractivity contribution in [3.8, 4) is 5.75 Å². The molecular formula is C22H24N4O2. The number of rotatable bonds is 3. The average molecular weight is 376 g/mol. The van der Waals surface area contributed by atoms with Crippen LogP contribution in [0.5, 0.6) is 5.75 Å². The van der Waals surface area contributed by atoms with E-state index in [4.69, 9.17) is 4.74 Å². The fourth-order valence-corrected chi connectivity index (χ4v) is 4.22. The van der Waals surface area contributed by atoms with Crippen molar-refractivity contribution >= 4 is 16.8 Å². The standard InChI is InChI=1S/C22H24N4O2/c1-15(17-3-2-16-6-11-28-21(16)13-17)25-7-9-26(10-8-25)22(27)18-4-5-20-19(12-18)14-23-24-20/h2-5,12-15H,6-11H2,1H3,(H,23,24). The summed E-state index contributed by atoms with van der Waals surface area (Å²) in [7, 11) is 0. The Balaban J connectivity index is 1.24. The first-order chi connectivity index (χ1) is 13.7. The third kappa shape index (κ3) is 3.03. The van der Waals surface area contributed by atoms with E-state index in [1.807, 2.05) is 23.1 Å². The zero-order valence-electron chi connectivity index (χ0n) is 16.0. The molecule has 1 unspecified atom stereocenters. The summed E-state index contributed by atoms with van der Waals surface area (Å²) < 4.78 is 5.72. The van der Waals surface area contributed by atoms with Gasteiger partial charge in [-0.05, 0) is 42.3 Å². The van der Waals surface area contributed by atoms with Crippen molar-refractivity contribution in [2.75, 3.05) is 32.8 Å². The van der Waals surface area contributed by atoms with Crippen molar-refractivity contribution in [1.29, 1.82) is 0 Å². The van der Waals surface area contributed by atoms with Crippen molar-refractivity contribution in [1.82, 2.24) is 20.0 Å². The smallest absolute Gasteiger partial charge is 0.253 e. The van der Waals surface area contributed by atoms with Crippen LogP contribution in [0.25, 0.3) is 10.9 Å². The molecule has 6 nitrogen and oxygen atoms in total. The fraction of sp³-hybridized carbons (Fsp3) is 0.364. The van der Waals surface area contributed by atoms with Crippen molar-refractivity contribution < 1.29 is 9.53 Å². The zero-order valence-corrected chi connectivity index (χ0v) is 16.0. The first-order valence-electron chi connectivity index (χ1n) is 9.91. The lowest BCUT2D eigenvalue weighted by Gasteiger charge is -2.38. The number of carbonyl (C=O) groups excluding carboxylic acids is 1. The maximum Gasteiger partial charge on any atom is 0.253 e. The van der Waals surface area contributed by atoms with Crippen LogP contribution in [-0.4, -0.2) is 58.7 Å². The number of hydrogen-bond acceptors (Lipinski definition) is 4. The summed E-state index contributed by atoms with van der Waals surface area (Å²) in [4.78, 5) is 17.3. The summed E-state index contributed by atoms with van der Waals surface area (Å²) in [6, 6.07) is 12.6. The fourth-order valence-electron chi connectivity index (χ4n) is 4.22. The van der Waals surface area contributed by atoms with Crippen LogP contribution in [0.4, 0.5) is 0 Å². The molecule has 1 atom stereocenters. The van der Waals surface area contributed by atoms with Crippen LogP contribution in [0, 0.1) is 0 Å². The second-order valence-electron chi connectivity index (χ2n) is 7.64. The van der Waals surface area contributed by atoms with E-state index >= 15 is 0 Å². The predicted octanol–water partition coefficient (Wildman–Crippen LogP) is 3.02. The third-order valence-electron chi connectivity index (χ3n) is 6.04. The van der Waals surface area contributed by atoms with Crippen LogP contribution in [0.3, 0.4) is 0 Å². The van der Waals surface area contributed by atoms with E-state index in [-0.39, 0.29) is 5.91 Å². The minimum atomic E-state index is 0.0985. The van der Waals surface area contributed by atoms with Crippen LogP contribution in [0.1, 0.15) is 34.5 Å². The van der Waals surface area contributed by atoms with Gasteiger partial charge >= 0.3 is 0 Å². The van der Waals surface area contributed by atoms with Crippen molar-refractivity contribution in [2.24, 2.45) is 0 Å². The van der Waals surface area contributed by atoms with Crippen molar-refractivity contribution in [2.45, 2.75) is 19.4 Å². The molecule has 0 radical (unpaired) electrons. The summed E-state index contributed by atoms with van der Waals surface area (Å²) in [5.41, 5.74) is 4.27. The Bertz CT molecular complexity index is 1020. The van der Waals surface area contributed by atoms with Gasteiger partial charge in [0.05, 0.1) is 18.3 Å². The maximum atomic E-state index is 12.9. The van der Waals surface area contributed by atoms with Crippen LogP contribution in [0.2, 0.25) is 0 Å². The Morgan fingerprint density at radius 3 is 2.86 bits per heavy atom. The molecule has 3 heterocycles. The molecule has 2 aliphatic rings. The number of amides is 1. The number of nitrogens with zero attached hydrogens (tertiary/aromatic N) is 3. The Morgan fingerprint density at radius 2 is 2.00 bits per heavy atom. The molecule has 3 aromatic rings. The molecule has 5 rings (SSSR count). The van der Waals surface area contributed by atoms with Gasteiger partial charge in [-0.25, -0.2) is 0 Å². The van der Waals surface area contributed by atoms with Gasteiger partial charge in [-0.2, -0.15) is 5.10 Å². The number of aromatic amines is 1. The number of H-pyrrole nitrogens is 1. The average Bonchev–Trinajstić information content (AvgIpc) is 3.40. The van der Waals surface area contributed by atoms with Crippen molar-refractivity contribution in [3.05, 3.63) is 59.3 Å². The van der Waals surface area contributed by atoms with E-state index in [9.17, 15) is 4.79 Å². The molecule has 1 N–H and O–H groups in total. The van der Waals surface area contributed by atoms with Crippen molar-refractivity contribution in [3.63, 3.8) is 0 Å². The quantitative estimate of drug-likeness (QED) is 0.763. The lowest BCUT2D eigenvalue weighted by molar-refractivity contribution is 0.0582. The summed E-state index contributed by atoms with van der Waals surface area (Å²) in [5, 5.41) is 7.92. The Kier molecular flexibility index (Phi) is 4.28. The molecule has 2 aliphatic heterocycles. The molecule has 1 saturated heterocycles. The molecule has 0 aliphatic carbocycles. The summed E-state index contributed by atoms with van der Waals surface area (Å²) in [6.07, 6.45) is 2.77. The van der Waals surface area contributed by atoms with E-state index in [2.05, 4.69) is 40.2 Å². The van der Waals surface area contributed by atoms with Crippen LogP contribution in [-0.2, 0) is 6.42 Å². The molecular weight excluding hydrogens is 352 g/mol. The van der Waals surface area contributed by atoms with Gasteiger partial charge in [0.2, 0.25) is 0 Å². The van der Waals surface area contributed by atoms with E-state index in [0.717, 1.165) is 61.4 Å². The van der Waals surface area contributed by atoms with Crippen LogP contribution in [0.15, 0.2) is 42.6 Å². The number of nitrogens with one attached hydrogen (secondary N) is 1. The van der Waals surface area contributed by atoms with E-state index in [1.165, 1.54) is 11.1 Å². The summed E-state index contributed by atoms with van der Waals surface area (Å²) in [5.74, 6) is 1.13. The van der Waals surface area contributed by atoms with Gasteiger partial charge in [0.25, 0.3) is 5.91 Å². The maximum absolute atomic E-state index is 12.9. The lowest BCUT2D eigenvalue weighted by Crippen LogP contribution is -2.49. The summed E-state index contributed by atoms with van der Waals surface area (Å²) in [6.45, 7) is 6.26. The monoisotopic (exact) mass is 376 g/mol. The first-order valence-corrected chi connectivity index (χ1v) is 9.91. The zero-order chi connectivity index (χ0) is 19.1. The minimum absolute atomic E-state index is 0.0985. The van der Waals surface area contributed by atoms with Gasteiger partial charge in [-0.1, -0.05) is 12.1 Å². The molecule has 0 spiro atoms. The number of ether oxygens (including phenoxy) is 1. The summed E-state index contributed by atoms with van der Waals surface area (Å²) >= 11 is 0. The highest BCUT2D eigenvalue weighted by atomic mass is 16.5. The number of carbonyl (C=O) groups is 1. The van der Waals surface area contributed by atoms with Gasteiger partial charge < -0.3 is 9.64 Å². The number of benzene rings is 2. The van der Waals surface area contributed by atoms with Gasteiger partial charge in [0.1, 0.15) is 5.75 Å². The van der Waals surface area contributed by atoms with E-state index in [1.54, 1.807) is 6.20 Å². The highest BCUT2D eigenvalue weighted by Crippen LogP contribution is 2.31. The van der Waals surface area contributed by atoms with Gasteiger partial charge in [0, 0.05) is 49.6 Å². The second-order valence-corrected chi connectivity index (χ2v) is 7.64. The highest BCUT2D eigenvalue weighted by Gasteiger charge is 2.26. The SMILES string of the molecule is CC(c1ccc2c(c1)OCC2)N1CCN(C(=O)c2ccc3[nH]ncc3c2)CC1. The molecule has 2 aromatic carbocycles. The number of hydrogen-bond donors (Lipinski definition) is 1. The topological polar surface area (TPSA) is 61.5 Å². The number of fused-ring (bicyclic) bond motifs is 2. The highest BCUT2D eigenvalue weighted by molar-refractivity contribution is 5.97. The Morgan fingerprint density at radius 1 is 1.14 bits per heavy atom. The van der Waals surface area contributed by atoms with Crippen LogP contribution < -0.4 is 4.74 Å². The number of piperazine rings is 1. The van der Waals surface area contributed by atoms with Gasteiger partial charge in [-0.15, -0.1) is 0 Å². The largest absolute Gasteiger partial charge is 0.493 e. The van der Waals surface area contributed by atoms with E-state index < -0.39 is 0 Å². The van der Waals surface area contributed by atoms with E-state index in [0.29, 0.717) is 6.04 Å². The molecule has 0 saturated carbocycles. The Hall–Kier alpha value is -2.86. The molecule has 1 aromatic heterocycles. The third-order valence-corrected chi connectivity index (χ3v) is 6.04. The lowest BCUT2D eigenvalue weighted by atomic mass is 10.0. The second kappa shape index (κ2) is 6.95. The normalized spacial score (nSPS) is 18.1. The van der Waals surface area contributed by atoms with Crippen LogP contribution >= 0.6 is 0 Å². The molecule has 1 amide bonds. The van der Waals surface area contributed by atoms with Gasteiger partial charge in [0.15, 0.2) is 0 Å². The molecule has 6 heteroatoms. The Labute approximate surface area is 164 Å². The predicted molar refractivity (Wildman–Crippen MR) is 108 cm³/mol. The molecule has 0 bridgehead atoms. The molecule has 1 fully saturated rings. The number of aromatic nitrogens is 2. The minimum Gasteiger partial charge on any atom is -0.493 e.